The number of carbonyl (C=O) groups excluding carboxylic acids is 2. The molecule has 39 heavy (non-hydrogen) atoms. The van der Waals surface area contributed by atoms with Crippen LogP contribution in [-0.4, -0.2) is 38.4 Å². The molecule has 0 bridgehead atoms. The Bertz CT molecular complexity index is 1290. The van der Waals surface area contributed by atoms with Crippen LogP contribution in [0.4, 0.5) is 0 Å². The normalized spacial score (nSPS) is 10.6. The van der Waals surface area contributed by atoms with E-state index in [2.05, 4.69) is 24.3 Å². The summed E-state index contributed by atoms with van der Waals surface area (Å²) in [5, 5.41) is 4.26. The van der Waals surface area contributed by atoms with Gasteiger partial charge in [-0.2, -0.15) is 13.5 Å². The fourth-order valence-electron chi connectivity index (χ4n) is 4.52. The maximum Gasteiger partial charge on any atom is 0.305 e. The molecular weight excluding hydrogens is 512 g/mol. The average molecular weight is 549 g/mol. The maximum absolute atomic E-state index is 11.8. The van der Waals surface area contributed by atoms with Gasteiger partial charge in [0.2, 0.25) is 0 Å². The van der Waals surface area contributed by atoms with Crippen molar-refractivity contribution in [3.63, 3.8) is 0 Å². The first-order valence-corrected chi connectivity index (χ1v) is 13.2. The summed E-state index contributed by atoms with van der Waals surface area (Å²) in [5.41, 5.74) is 1.88. The van der Waals surface area contributed by atoms with E-state index in [0.29, 0.717) is 52.1 Å². The minimum absolute atomic E-state index is 0. The third-order valence-corrected chi connectivity index (χ3v) is 6.21. The number of benzene rings is 4. The predicted molar refractivity (Wildman–Crippen MR) is 160 cm³/mol. The van der Waals surface area contributed by atoms with Crippen molar-refractivity contribution in [3.8, 4) is 22.6 Å². The highest BCUT2D eigenvalue weighted by atomic mass is 32.1. The van der Waals surface area contributed by atoms with Crippen LogP contribution in [0.2, 0.25) is 0 Å². The summed E-state index contributed by atoms with van der Waals surface area (Å²) in [5.74, 6) is 1.00. The van der Waals surface area contributed by atoms with E-state index in [0.717, 1.165) is 44.2 Å². The summed E-state index contributed by atoms with van der Waals surface area (Å²) in [6, 6.07) is 24.4. The molecule has 0 radical (unpaired) electrons. The number of fused-ring (bicyclic) bond motifs is 2. The fraction of sp³-hybridized carbons (Fsp3) is 0.312. The topological polar surface area (TPSA) is 71.1 Å². The van der Waals surface area contributed by atoms with Crippen molar-refractivity contribution in [2.45, 2.75) is 39.5 Å². The Morgan fingerprint density at radius 3 is 1.41 bits per heavy atom. The predicted octanol–water partition coefficient (Wildman–Crippen LogP) is 7.22. The highest BCUT2D eigenvalue weighted by molar-refractivity contribution is 7.59. The van der Waals surface area contributed by atoms with E-state index in [1.807, 2.05) is 48.5 Å². The Kier molecular flexibility index (Phi) is 11.5. The van der Waals surface area contributed by atoms with Crippen LogP contribution < -0.4 is 9.47 Å². The lowest BCUT2D eigenvalue weighted by molar-refractivity contribution is -0.144. The summed E-state index contributed by atoms with van der Waals surface area (Å²) in [6.07, 6.45) is 1.72. The molecule has 0 heterocycles. The van der Waals surface area contributed by atoms with E-state index in [9.17, 15) is 9.59 Å². The van der Waals surface area contributed by atoms with Gasteiger partial charge in [0.25, 0.3) is 0 Å². The zero-order valence-electron chi connectivity index (χ0n) is 22.5. The van der Waals surface area contributed by atoms with E-state index >= 15 is 0 Å². The van der Waals surface area contributed by atoms with Crippen molar-refractivity contribution in [3.05, 3.63) is 72.8 Å². The zero-order chi connectivity index (χ0) is 26.7. The highest BCUT2D eigenvalue weighted by Crippen LogP contribution is 2.45. The molecule has 0 atom stereocenters. The minimum Gasteiger partial charge on any atom is -0.493 e. The molecule has 4 aromatic carbocycles. The van der Waals surface area contributed by atoms with Crippen LogP contribution >= 0.6 is 13.5 Å². The Labute approximate surface area is 236 Å². The zero-order valence-corrected chi connectivity index (χ0v) is 23.5. The molecule has 0 amide bonds. The van der Waals surface area contributed by atoms with Gasteiger partial charge in [-0.25, -0.2) is 0 Å². The monoisotopic (exact) mass is 548 g/mol. The number of hydrogen-bond acceptors (Lipinski definition) is 6. The Morgan fingerprint density at radius 2 is 1.00 bits per heavy atom. The molecule has 0 aliphatic carbocycles. The van der Waals surface area contributed by atoms with E-state index < -0.39 is 0 Å². The summed E-state index contributed by atoms with van der Waals surface area (Å²) < 4.78 is 22.7. The maximum atomic E-state index is 11.8. The Morgan fingerprint density at radius 1 is 0.590 bits per heavy atom. The van der Waals surface area contributed by atoms with Crippen molar-refractivity contribution in [2.75, 3.05) is 26.4 Å². The third kappa shape index (κ3) is 7.67. The highest BCUT2D eigenvalue weighted by Gasteiger charge is 2.19. The van der Waals surface area contributed by atoms with E-state index in [1.54, 1.807) is 13.8 Å². The second kappa shape index (κ2) is 15.0. The van der Waals surface area contributed by atoms with Gasteiger partial charge < -0.3 is 18.9 Å². The summed E-state index contributed by atoms with van der Waals surface area (Å²) in [7, 11) is 0. The minimum atomic E-state index is -0.220. The molecule has 0 N–H and O–H groups in total. The molecule has 7 heteroatoms. The van der Waals surface area contributed by atoms with Crippen LogP contribution in [0.1, 0.15) is 39.5 Å². The van der Waals surface area contributed by atoms with Gasteiger partial charge in [0, 0.05) is 24.0 Å². The molecule has 206 valence electrons. The fourth-order valence-corrected chi connectivity index (χ4v) is 4.52. The van der Waals surface area contributed by atoms with Crippen molar-refractivity contribution < 1.29 is 28.5 Å². The van der Waals surface area contributed by atoms with Crippen LogP contribution in [0.3, 0.4) is 0 Å². The molecule has 4 aromatic rings. The van der Waals surface area contributed by atoms with Gasteiger partial charge in [-0.15, -0.1) is 0 Å². The number of carbonyl (C=O) groups is 2. The average Bonchev–Trinajstić information content (AvgIpc) is 2.93. The molecule has 0 fully saturated rings. The first-order chi connectivity index (χ1) is 18.6. The molecule has 6 nitrogen and oxygen atoms in total. The largest absolute Gasteiger partial charge is 0.493 e. The third-order valence-electron chi connectivity index (χ3n) is 6.21. The van der Waals surface area contributed by atoms with E-state index in [-0.39, 0.29) is 25.4 Å². The van der Waals surface area contributed by atoms with Gasteiger partial charge in [-0.3, -0.25) is 9.59 Å². The molecule has 4 rings (SSSR count). The molecule has 0 saturated heterocycles. The van der Waals surface area contributed by atoms with Crippen molar-refractivity contribution in [2.24, 2.45) is 0 Å². The summed E-state index contributed by atoms with van der Waals surface area (Å²) >= 11 is 0. The van der Waals surface area contributed by atoms with Crippen molar-refractivity contribution in [1.29, 1.82) is 0 Å². The first kappa shape index (κ1) is 29.8. The van der Waals surface area contributed by atoms with Gasteiger partial charge in [0.15, 0.2) is 0 Å². The Balaban J connectivity index is 0.00000420. The lowest BCUT2D eigenvalue weighted by Gasteiger charge is -2.20. The molecule has 0 aliphatic heterocycles. The molecule has 0 unspecified atom stereocenters. The van der Waals surface area contributed by atoms with Crippen LogP contribution in [0.15, 0.2) is 72.8 Å². The van der Waals surface area contributed by atoms with Crippen LogP contribution in [-0.2, 0) is 19.1 Å². The van der Waals surface area contributed by atoms with Gasteiger partial charge in [-0.05, 0) is 60.4 Å². The quantitative estimate of drug-likeness (QED) is 0.130. The van der Waals surface area contributed by atoms with Crippen LogP contribution in [0.5, 0.6) is 11.5 Å². The van der Waals surface area contributed by atoms with Gasteiger partial charge in [0.1, 0.15) is 11.5 Å². The molecular formula is C32H36O6S. The standard InChI is InChI=1S/C32H34O6.H2S/c1-3-35-29(33)15-9-21-37-27-19-17-23-11-5-7-13-25(23)31(27)32-26-14-8-6-12-24(26)18-20-28(32)38-22-10-16-30(34)36-4-2;/h5-8,11-14,17-20H,3-4,9-10,15-16,21-22H2,1-2H3;1H2. The number of hydrogen-bond donors (Lipinski definition) is 0. The lowest BCUT2D eigenvalue weighted by atomic mass is 9.92. The summed E-state index contributed by atoms with van der Waals surface area (Å²) in [6.45, 7) is 5.11. The van der Waals surface area contributed by atoms with E-state index in [1.165, 1.54) is 0 Å². The SMILES string of the molecule is CCOC(=O)CCCOc1ccc2ccccc2c1-c1c(OCCCC(=O)OCC)ccc2ccccc12.S. The Hall–Kier alpha value is -3.71. The van der Waals surface area contributed by atoms with Crippen LogP contribution in [0, 0.1) is 0 Å². The number of esters is 2. The molecule has 0 aromatic heterocycles. The first-order valence-electron chi connectivity index (χ1n) is 13.2. The molecule has 0 saturated carbocycles. The molecule has 0 spiro atoms. The second-order valence-corrected chi connectivity index (χ2v) is 8.83. The van der Waals surface area contributed by atoms with Gasteiger partial charge in [-0.1, -0.05) is 60.7 Å². The van der Waals surface area contributed by atoms with Gasteiger partial charge in [0.05, 0.1) is 26.4 Å². The van der Waals surface area contributed by atoms with Crippen molar-refractivity contribution in [1.82, 2.24) is 0 Å². The molecule has 0 aliphatic rings. The number of ether oxygens (including phenoxy) is 4. The van der Waals surface area contributed by atoms with Crippen LogP contribution in [0.25, 0.3) is 32.7 Å². The number of rotatable bonds is 13. The smallest absolute Gasteiger partial charge is 0.305 e. The van der Waals surface area contributed by atoms with Crippen molar-refractivity contribution >= 4 is 47.0 Å². The van der Waals surface area contributed by atoms with E-state index in [4.69, 9.17) is 18.9 Å². The van der Waals surface area contributed by atoms with Gasteiger partial charge >= 0.3 is 11.9 Å². The second-order valence-electron chi connectivity index (χ2n) is 8.83. The lowest BCUT2D eigenvalue weighted by Crippen LogP contribution is -2.08. The summed E-state index contributed by atoms with van der Waals surface area (Å²) in [4.78, 5) is 23.6.